The first-order valence-corrected chi connectivity index (χ1v) is 8.95. The number of hydrogen-bond acceptors (Lipinski definition) is 5. The number of methoxy groups -OCH3 is 1. The zero-order chi connectivity index (χ0) is 18.5. The van der Waals surface area contributed by atoms with Gasteiger partial charge in [0, 0.05) is 17.9 Å². The Labute approximate surface area is 155 Å². The number of esters is 1. The summed E-state index contributed by atoms with van der Waals surface area (Å²) in [5.74, 6) is -0.762. The average molecular weight is 370 g/mol. The van der Waals surface area contributed by atoms with Gasteiger partial charge in [-0.25, -0.2) is 4.79 Å². The first-order chi connectivity index (χ1) is 12.6. The number of thioether (sulfide) groups is 1. The summed E-state index contributed by atoms with van der Waals surface area (Å²) in [7, 11) is 1.33. The van der Waals surface area contributed by atoms with Crippen LogP contribution in [0.15, 0.2) is 53.4 Å². The van der Waals surface area contributed by atoms with E-state index in [0.29, 0.717) is 12.1 Å². The van der Waals surface area contributed by atoms with Gasteiger partial charge in [0.2, 0.25) is 11.8 Å². The van der Waals surface area contributed by atoms with Crippen LogP contribution in [-0.4, -0.2) is 30.1 Å². The van der Waals surface area contributed by atoms with E-state index in [4.69, 9.17) is 0 Å². The summed E-state index contributed by atoms with van der Waals surface area (Å²) in [6.45, 7) is 0.329. The van der Waals surface area contributed by atoms with Crippen molar-refractivity contribution >= 4 is 35.2 Å². The van der Waals surface area contributed by atoms with Gasteiger partial charge in [-0.15, -0.1) is 11.8 Å². The molecule has 0 fully saturated rings. The third-order valence-electron chi connectivity index (χ3n) is 3.94. The second kappa shape index (κ2) is 8.05. The lowest BCUT2D eigenvalue weighted by molar-refractivity contribution is -0.124. The molecule has 1 aliphatic rings. The largest absolute Gasteiger partial charge is 0.465 e. The van der Waals surface area contributed by atoms with Gasteiger partial charge in [0.05, 0.1) is 23.6 Å². The number of hydrogen-bond donors (Lipinski definition) is 2. The molecule has 3 rings (SSSR count). The molecule has 7 heteroatoms. The Morgan fingerprint density at radius 1 is 1.15 bits per heavy atom. The third kappa shape index (κ3) is 4.23. The molecule has 26 heavy (non-hydrogen) atoms. The van der Waals surface area contributed by atoms with Crippen LogP contribution in [0.1, 0.15) is 22.3 Å². The van der Waals surface area contributed by atoms with E-state index in [0.717, 1.165) is 16.1 Å². The first kappa shape index (κ1) is 18.0. The number of amides is 2. The molecule has 1 aliphatic heterocycles. The maximum Gasteiger partial charge on any atom is 0.337 e. The van der Waals surface area contributed by atoms with Crippen LogP contribution in [0.5, 0.6) is 0 Å². The summed E-state index contributed by atoms with van der Waals surface area (Å²) in [6, 6.07) is 14.3. The van der Waals surface area contributed by atoms with Crippen molar-refractivity contribution in [2.75, 3.05) is 12.4 Å². The van der Waals surface area contributed by atoms with Gasteiger partial charge in [-0.05, 0) is 29.8 Å². The van der Waals surface area contributed by atoms with Crippen LogP contribution in [0, 0.1) is 0 Å². The van der Waals surface area contributed by atoms with Gasteiger partial charge in [0.15, 0.2) is 0 Å². The number of anilines is 1. The molecule has 0 saturated heterocycles. The molecule has 0 spiro atoms. The number of ether oxygens (including phenoxy) is 1. The van der Waals surface area contributed by atoms with Gasteiger partial charge in [-0.3, -0.25) is 9.59 Å². The minimum Gasteiger partial charge on any atom is -0.465 e. The van der Waals surface area contributed by atoms with E-state index in [9.17, 15) is 14.4 Å². The Bertz CT molecular complexity index is 836. The van der Waals surface area contributed by atoms with Gasteiger partial charge in [0.25, 0.3) is 0 Å². The van der Waals surface area contributed by atoms with Crippen LogP contribution in [0.4, 0.5) is 5.69 Å². The van der Waals surface area contributed by atoms with Crippen molar-refractivity contribution < 1.29 is 19.1 Å². The summed E-state index contributed by atoms with van der Waals surface area (Å²) in [5.41, 5.74) is 2.10. The van der Waals surface area contributed by atoms with Crippen LogP contribution in [0.25, 0.3) is 0 Å². The first-order valence-electron chi connectivity index (χ1n) is 8.07. The fourth-order valence-corrected chi connectivity index (χ4v) is 3.66. The van der Waals surface area contributed by atoms with E-state index in [1.54, 1.807) is 24.3 Å². The maximum atomic E-state index is 12.2. The Kier molecular flexibility index (Phi) is 5.58. The molecule has 0 radical (unpaired) electrons. The highest BCUT2D eigenvalue weighted by atomic mass is 32.2. The summed E-state index contributed by atoms with van der Waals surface area (Å²) in [5, 5.41) is 5.18. The Morgan fingerprint density at radius 3 is 2.62 bits per heavy atom. The zero-order valence-corrected chi connectivity index (χ0v) is 15.0. The highest BCUT2D eigenvalue weighted by Crippen LogP contribution is 2.36. The Morgan fingerprint density at radius 2 is 1.88 bits per heavy atom. The molecule has 134 valence electrons. The van der Waals surface area contributed by atoms with Crippen LogP contribution >= 0.6 is 11.8 Å². The third-order valence-corrected chi connectivity index (χ3v) is 5.22. The summed E-state index contributed by atoms with van der Waals surface area (Å²) >= 11 is 1.40. The fourth-order valence-electron chi connectivity index (χ4n) is 2.54. The van der Waals surface area contributed by atoms with E-state index in [1.165, 1.54) is 18.9 Å². The number of rotatable bonds is 5. The lowest BCUT2D eigenvalue weighted by atomic mass is 10.1. The zero-order valence-electron chi connectivity index (χ0n) is 14.2. The normalized spacial score (nSPS) is 15.6. The molecule has 2 aromatic rings. The minimum atomic E-state index is -0.452. The van der Waals surface area contributed by atoms with Crippen molar-refractivity contribution in [1.29, 1.82) is 0 Å². The van der Waals surface area contributed by atoms with E-state index >= 15 is 0 Å². The molecule has 2 N–H and O–H groups in total. The number of nitrogens with one attached hydrogen (secondary N) is 2. The van der Waals surface area contributed by atoms with Crippen LogP contribution in [0.2, 0.25) is 0 Å². The van der Waals surface area contributed by atoms with Gasteiger partial charge in [-0.2, -0.15) is 0 Å². The molecule has 1 heterocycles. The molecular weight excluding hydrogens is 352 g/mol. The summed E-state index contributed by atoms with van der Waals surface area (Å²) < 4.78 is 4.65. The predicted octanol–water partition coefficient (Wildman–Crippen LogP) is 2.59. The van der Waals surface area contributed by atoms with Gasteiger partial charge < -0.3 is 15.4 Å². The van der Waals surface area contributed by atoms with Crippen molar-refractivity contribution in [3.8, 4) is 0 Å². The number of fused-ring (bicyclic) bond motifs is 1. The molecule has 2 aromatic carbocycles. The molecule has 1 atom stereocenters. The monoisotopic (exact) mass is 370 g/mol. The number of benzene rings is 2. The lowest BCUT2D eigenvalue weighted by Gasteiger charge is -2.23. The van der Waals surface area contributed by atoms with Gasteiger partial charge in [0.1, 0.15) is 0 Å². The second-order valence-electron chi connectivity index (χ2n) is 5.76. The molecule has 0 unspecified atom stereocenters. The predicted molar refractivity (Wildman–Crippen MR) is 99.0 cm³/mol. The lowest BCUT2D eigenvalue weighted by Crippen LogP contribution is -2.34. The van der Waals surface area contributed by atoms with E-state index < -0.39 is 11.2 Å². The summed E-state index contributed by atoms with van der Waals surface area (Å²) in [6.07, 6.45) is 0.102. The smallest absolute Gasteiger partial charge is 0.337 e. The van der Waals surface area contributed by atoms with Crippen LogP contribution in [0.3, 0.4) is 0 Å². The molecule has 0 aliphatic carbocycles. The van der Waals surface area contributed by atoms with Gasteiger partial charge >= 0.3 is 5.97 Å². The van der Waals surface area contributed by atoms with Crippen molar-refractivity contribution in [2.24, 2.45) is 0 Å². The standard InChI is InChI=1S/C19H18N2O4S/c1-25-19(24)13-8-6-12(7-9-13)11-20-17(22)10-16-18(23)21-14-4-2-3-5-15(14)26-16/h2-9,16H,10-11H2,1H3,(H,20,22)(H,21,23)/t16-/m0/s1. The Hall–Kier alpha value is -2.80. The van der Waals surface area contributed by atoms with Crippen LogP contribution < -0.4 is 10.6 Å². The molecule has 2 amide bonds. The van der Waals surface area contributed by atoms with Crippen molar-refractivity contribution in [1.82, 2.24) is 5.32 Å². The number of para-hydroxylation sites is 1. The van der Waals surface area contributed by atoms with E-state index in [1.807, 2.05) is 24.3 Å². The van der Waals surface area contributed by atoms with Gasteiger partial charge in [-0.1, -0.05) is 24.3 Å². The molecule has 0 saturated carbocycles. The minimum absolute atomic E-state index is 0.102. The maximum absolute atomic E-state index is 12.2. The topological polar surface area (TPSA) is 84.5 Å². The average Bonchev–Trinajstić information content (AvgIpc) is 2.66. The number of carbonyl (C=O) groups excluding carboxylic acids is 3. The quantitative estimate of drug-likeness (QED) is 0.791. The van der Waals surface area contributed by atoms with Crippen LogP contribution in [-0.2, 0) is 20.9 Å². The second-order valence-corrected chi connectivity index (χ2v) is 7.01. The van der Waals surface area contributed by atoms with Crippen molar-refractivity contribution in [3.63, 3.8) is 0 Å². The summed E-state index contributed by atoms with van der Waals surface area (Å²) in [4.78, 5) is 36.7. The fraction of sp³-hybridized carbons (Fsp3) is 0.211. The van der Waals surface area contributed by atoms with Crippen molar-refractivity contribution in [3.05, 3.63) is 59.7 Å². The molecule has 6 nitrogen and oxygen atoms in total. The molecular formula is C19H18N2O4S. The van der Waals surface area contributed by atoms with E-state index in [-0.39, 0.29) is 18.2 Å². The Balaban J connectivity index is 1.53. The molecule has 0 aromatic heterocycles. The highest BCUT2D eigenvalue weighted by Gasteiger charge is 2.28. The van der Waals surface area contributed by atoms with E-state index in [2.05, 4.69) is 15.4 Å². The number of carbonyl (C=O) groups is 3. The van der Waals surface area contributed by atoms with Crippen molar-refractivity contribution in [2.45, 2.75) is 23.1 Å². The SMILES string of the molecule is COC(=O)c1ccc(CNC(=O)C[C@@H]2Sc3ccccc3NC2=O)cc1. The highest BCUT2D eigenvalue weighted by molar-refractivity contribution is 8.01. The molecule has 0 bridgehead atoms.